The highest BCUT2D eigenvalue weighted by Crippen LogP contribution is 2.23. The van der Waals surface area contributed by atoms with Crippen LogP contribution in [0.3, 0.4) is 0 Å². The number of rotatable bonds is 4. The number of thiazole rings is 1. The van der Waals surface area contributed by atoms with Gasteiger partial charge in [0.05, 0.1) is 23.3 Å². The Labute approximate surface area is 117 Å². The highest BCUT2D eigenvalue weighted by molar-refractivity contribution is 7.95. The number of hydrogen-bond donors (Lipinski definition) is 0. The minimum Gasteiger partial charge on any atom is -0.245 e. The van der Waals surface area contributed by atoms with Gasteiger partial charge in [-0.1, -0.05) is 0 Å². The topological polar surface area (TPSA) is 84.4 Å². The van der Waals surface area contributed by atoms with Gasteiger partial charge in [0.1, 0.15) is 5.01 Å². The number of hydrogen-bond acceptors (Lipinski definition) is 6. The molecule has 19 heavy (non-hydrogen) atoms. The van der Waals surface area contributed by atoms with Gasteiger partial charge in [-0.3, -0.25) is 0 Å². The van der Waals surface area contributed by atoms with Crippen LogP contribution in [0, 0.1) is 6.92 Å². The molecule has 0 bridgehead atoms. The van der Waals surface area contributed by atoms with E-state index in [-0.39, 0.29) is 24.5 Å². The van der Waals surface area contributed by atoms with Crippen molar-refractivity contribution in [2.75, 3.05) is 18.6 Å². The molecule has 6 nitrogen and oxygen atoms in total. The largest absolute Gasteiger partial charge is 0.245 e. The molecule has 0 spiro atoms. The number of sulfone groups is 1. The predicted octanol–water partition coefficient (Wildman–Crippen LogP) is 0.400. The second kappa shape index (κ2) is 5.12. The second-order valence-corrected chi connectivity index (χ2v) is 10.2. The molecule has 2 heterocycles. The van der Waals surface area contributed by atoms with Crippen molar-refractivity contribution in [3.8, 4) is 0 Å². The van der Waals surface area contributed by atoms with Gasteiger partial charge in [0.2, 0.25) is 10.0 Å². The Kier molecular flexibility index (Phi) is 4.01. The molecular weight excluding hydrogens is 308 g/mol. The summed E-state index contributed by atoms with van der Waals surface area (Å²) in [7, 11) is -5.31. The minimum absolute atomic E-state index is 0.0406. The van der Waals surface area contributed by atoms with Crippen molar-refractivity contribution in [1.82, 2.24) is 9.29 Å². The highest BCUT2D eigenvalue weighted by Gasteiger charge is 2.39. The van der Waals surface area contributed by atoms with E-state index in [0.717, 1.165) is 5.69 Å². The molecule has 1 aliphatic rings. The van der Waals surface area contributed by atoms with Crippen LogP contribution in [0.25, 0.3) is 0 Å². The van der Waals surface area contributed by atoms with E-state index in [4.69, 9.17) is 0 Å². The number of aromatic nitrogens is 1. The highest BCUT2D eigenvalue weighted by atomic mass is 32.2. The molecule has 1 unspecified atom stereocenters. The van der Waals surface area contributed by atoms with Crippen molar-refractivity contribution in [2.24, 2.45) is 0 Å². The van der Waals surface area contributed by atoms with Crippen molar-refractivity contribution < 1.29 is 16.8 Å². The van der Waals surface area contributed by atoms with E-state index in [9.17, 15) is 16.8 Å². The van der Waals surface area contributed by atoms with Crippen LogP contribution < -0.4 is 0 Å². The lowest BCUT2D eigenvalue weighted by Gasteiger charge is -2.19. The van der Waals surface area contributed by atoms with Gasteiger partial charge in [0.25, 0.3) is 0 Å². The lowest BCUT2D eigenvalue weighted by Crippen LogP contribution is -2.36. The standard InChI is InChI=1S/C10H16N2O4S3/c1-8-6-17-10(11-8)5-12(2)19(15,16)9-3-4-18(13,14)7-9/h6,9H,3-5,7H2,1-2H3. The first kappa shape index (κ1) is 14.9. The maximum Gasteiger partial charge on any atom is 0.218 e. The predicted molar refractivity (Wildman–Crippen MR) is 74.3 cm³/mol. The Morgan fingerprint density at radius 3 is 2.68 bits per heavy atom. The molecule has 1 fully saturated rings. The fourth-order valence-electron chi connectivity index (χ4n) is 2.01. The average molecular weight is 324 g/mol. The van der Waals surface area contributed by atoms with Crippen molar-refractivity contribution in [3.63, 3.8) is 0 Å². The van der Waals surface area contributed by atoms with Crippen LogP contribution in [0.1, 0.15) is 17.1 Å². The summed E-state index contributed by atoms with van der Waals surface area (Å²) in [6, 6.07) is 0. The first-order valence-corrected chi connectivity index (χ1v) is 9.98. The first-order chi connectivity index (χ1) is 8.71. The van der Waals surface area contributed by atoms with Crippen molar-refractivity contribution in [1.29, 1.82) is 0 Å². The Morgan fingerprint density at radius 1 is 1.53 bits per heavy atom. The fraction of sp³-hybridized carbons (Fsp3) is 0.700. The van der Waals surface area contributed by atoms with Gasteiger partial charge in [-0.15, -0.1) is 11.3 Å². The maximum absolute atomic E-state index is 12.3. The van der Waals surface area contributed by atoms with Crippen LogP contribution in [-0.4, -0.2) is 49.9 Å². The lowest BCUT2D eigenvalue weighted by molar-refractivity contribution is 0.456. The van der Waals surface area contributed by atoms with E-state index in [0.29, 0.717) is 5.01 Å². The van der Waals surface area contributed by atoms with E-state index in [1.54, 1.807) is 0 Å². The monoisotopic (exact) mass is 324 g/mol. The Hall–Kier alpha value is -0.510. The van der Waals surface area contributed by atoms with Crippen LogP contribution in [0.15, 0.2) is 5.38 Å². The Morgan fingerprint density at radius 2 is 2.21 bits per heavy atom. The molecule has 9 heteroatoms. The van der Waals surface area contributed by atoms with Gasteiger partial charge in [-0.05, 0) is 13.3 Å². The van der Waals surface area contributed by atoms with Gasteiger partial charge < -0.3 is 0 Å². The lowest BCUT2D eigenvalue weighted by atomic mass is 10.4. The van der Waals surface area contributed by atoms with Crippen LogP contribution in [0.2, 0.25) is 0 Å². The van der Waals surface area contributed by atoms with Gasteiger partial charge in [0, 0.05) is 18.1 Å². The summed E-state index contributed by atoms with van der Waals surface area (Å²) in [5.74, 6) is -0.308. The van der Waals surface area contributed by atoms with E-state index in [1.807, 2.05) is 12.3 Å². The third-order valence-corrected chi connectivity index (χ3v) is 8.24. The molecule has 2 rings (SSSR count). The second-order valence-electron chi connectivity index (χ2n) is 4.71. The summed E-state index contributed by atoms with van der Waals surface area (Å²) < 4.78 is 48.5. The third-order valence-electron chi connectivity index (χ3n) is 3.07. The summed E-state index contributed by atoms with van der Waals surface area (Å²) in [6.45, 7) is 2.04. The zero-order valence-corrected chi connectivity index (χ0v) is 13.2. The number of aryl methyl sites for hydroxylation is 1. The van der Waals surface area contributed by atoms with Crippen molar-refractivity contribution in [3.05, 3.63) is 16.1 Å². The van der Waals surface area contributed by atoms with Gasteiger partial charge >= 0.3 is 0 Å². The van der Waals surface area contributed by atoms with E-state index in [2.05, 4.69) is 4.98 Å². The number of nitrogens with zero attached hydrogens (tertiary/aromatic N) is 2. The molecule has 0 radical (unpaired) electrons. The summed E-state index contributed by atoms with van der Waals surface area (Å²) >= 11 is 1.40. The quantitative estimate of drug-likeness (QED) is 0.800. The summed E-state index contributed by atoms with van der Waals surface area (Å²) in [5.41, 5.74) is 0.856. The van der Waals surface area contributed by atoms with E-state index < -0.39 is 25.1 Å². The smallest absolute Gasteiger partial charge is 0.218 e. The minimum atomic E-state index is -3.58. The molecule has 108 valence electrons. The van der Waals surface area contributed by atoms with Crippen LogP contribution in [0.4, 0.5) is 0 Å². The molecule has 1 aliphatic heterocycles. The van der Waals surface area contributed by atoms with Crippen molar-refractivity contribution in [2.45, 2.75) is 25.1 Å². The molecule has 0 amide bonds. The van der Waals surface area contributed by atoms with Gasteiger partial charge in [-0.2, -0.15) is 4.31 Å². The average Bonchev–Trinajstić information content (AvgIpc) is 2.85. The number of sulfonamides is 1. The first-order valence-electron chi connectivity index (χ1n) is 5.77. The molecular formula is C10H16N2O4S3. The van der Waals surface area contributed by atoms with E-state index >= 15 is 0 Å². The molecule has 1 aromatic rings. The third kappa shape index (κ3) is 3.33. The van der Waals surface area contributed by atoms with E-state index in [1.165, 1.54) is 22.7 Å². The Balaban J connectivity index is 2.11. The molecule has 0 aliphatic carbocycles. The molecule has 1 saturated heterocycles. The maximum atomic E-state index is 12.3. The molecule has 0 saturated carbocycles. The molecule has 0 N–H and O–H groups in total. The molecule has 1 atom stereocenters. The zero-order chi connectivity index (χ0) is 14.3. The normalized spacial score (nSPS) is 23.0. The van der Waals surface area contributed by atoms with Crippen molar-refractivity contribution >= 4 is 31.2 Å². The summed E-state index contributed by atoms with van der Waals surface area (Å²) in [5, 5.41) is 1.75. The molecule has 1 aromatic heterocycles. The van der Waals surface area contributed by atoms with Crippen LogP contribution >= 0.6 is 11.3 Å². The molecule has 0 aromatic carbocycles. The fourth-order valence-corrected chi connectivity index (χ4v) is 7.14. The summed E-state index contributed by atoms with van der Waals surface area (Å²) in [6.07, 6.45) is 0.186. The van der Waals surface area contributed by atoms with Crippen LogP contribution in [0.5, 0.6) is 0 Å². The summed E-state index contributed by atoms with van der Waals surface area (Å²) in [4.78, 5) is 4.21. The van der Waals surface area contributed by atoms with Gasteiger partial charge in [0.15, 0.2) is 9.84 Å². The Bertz CT molecular complexity index is 663. The van der Waals surface area contributed by atoms with Gasteiger partial charge in [-0.25, -0.2) is 21.8 Å². The SMILES string of the molecule is Cc1csc(CN(C)S(=O)(=O)C2CCS(=O)(=O)C2)n1. The van der Waals surface area contributed by atoms with Crippen LogP contribution in [-0.2, 0) is 26.4 Å². The zero-order valence-electron chi connectivity index (χ0n) is 10.7.